The van der Waals surface area contributed by atoms with Crippen molar-refractivity contribution in [2.24, 2.45) is 0 Å². The summed E-state index contributed by atoms with van der Waals surface area (Å²) in [5, 5.41) is 0.814. The van der Waals surface area contributed by atoms with Crippen LogP contribution in [-0.2, 0) is 0 Å². The third kappa shape index (κ3) is 1.44. The highest BCUT2D eigenvalue weighted by molar-refractivity contribution is 4.97. The van der Waals surface area contributed by atoms with Crippen molar-refractivity contribution >= 4 is 0 Å². The summed E-state index contributed by atoms with van der Waals surface area (Å²) in [6.45, 7) is -0.496. The lowest BCUT2D eigenvalue weighted by molar-refractivity contribution is -0.0230. The van der Waals surface area contributed by atoms with E-state index in [0.29, 0.717) is 0 Å². The van der Waals surface area contributed by atoms with Gasteiger partial charge in [-0.25, -0.2) is 5.43 Å². The van der Waals surface area contributed by atoms with Crippen LogP contribution in [0.2, 0.25) is 0 Å². The maximum absolute atomic E-state index is 11.9. The Bertz CT molecular complexity index is 136. The van der Waals surface area contributed by atoms with Crippen LogP contribution in [0.5, 0.6) is 0 Å². The molecule has 1 atom stereocenters. The Morgan fingerprint density at radius 3 is 2.70 bits per heavy atom. The van der Waals surface area contributed by atoms with E-state index in [9.17, 15) is 8.78 Å². The lowest BCUT2D eigenvalue weighted by atomic mass is 10.2. The van der Waals surface area contributed by atoms with E-state index in [4.69, 9.17) is 0 Å². The highest BCUT2D eigenvalue weighted by Crippen LogP contribution is 2.09. The second-order valence-electron chi connectivity index (χ2n) is 2.17. The summed E-state index contributed by atoms with van der Waals surface area (Å²) in [7, 11) is 0. The van der Waals surface area contributed by atoms with Crippen LogP contribution in [0.15, 0.2) is 12.3 Å². The van der Waals surface area contributed by atoms with Crippen LogP contribution in [0.25, 0.3) is 0 Å². The molecule has 4 heteroatoms. The Morgan fingerprint density at radius 2 is 2.40 bits per heavy atom. The van der Waals surface area contributed by atoms with E-state index >= 15 is 0 Å². The maximum atomic E-state index is 11.9. The van der Waals surface area contributed by atoms with Crippen LogP contribution < -0.4 is 5.43 Å². The quantitative estimate of drug-likeness (QED) is 0.594. The van der Waals surface area contributed by atoms with Gasteiger partial charge in [-0.1, -0.05) is 6.92 Å². The first-order valence-electron chi connectivity index (χ1n) is 3.25. The monoisotopic (exact) mass is 148 g/mol. The predicted octanol–water partition coefficient (Wildman–Crippen LogP) is 1.32. The maximum Gasteiger partial charge on any atom is 0.327 e. The Balaban J connectivity index is 2.37. The molecular formula is C6H10F2N2. The Hall–Kier alpha value is -0.640. The first-order valence-corrected chi connectivity index (χ1v) is 3.25. The van der Waals surface area contributed by atoms with Crippen LogP contribution in [-0.4, -0.2) is 17.6 Å². The normalized spacial score (nSPS) is 24.8. The average molecular weight is 148 g/mol. The molecule has 1 heterocycles. The van der Waals surface area contributed by atoms with Gasteiger partial charge in [-0.2, -0.15) is 8.78 Å². The minimum Gasteiger partial charge on any atom is -0.256 e. The standard InChI is InChI=1S/C6H10F2N2/c1-2-5-3-4-10(9-5)6(7)8/h3-6,9H,2H2,1H3. The highest BCUT2D eigenvalue weighted by Gasteiger charge is 2.19. The first kappa shape index (κ1) is 7.47. The van der Waals surface area contributed by atoms with E-state index in [1.165, 1.54) is 6.20 Å². The zero-order chi connectivity index (χ0) is 7.56. The zero-order valence-corrected chi connectivity index (χ0v) is 5.72. The molecule has 1 aliphatic heterocycles. The lowest BCUT2D eigenvalue weighted by Gasteiger charge is -2.17. The number of hydrazine groups is 1. The van der Waals surface area contributed by atoms with Gasteiger partial charge < -0.3 is 0 Å². The summed E-state index contributed by atoms with van der Waals surface area (Å²) < 4.78 is 23.7. The van der Waals surface area contributed by atoms with Gasteiger partial charge in [0.25, 0.3) is 0 Å². The number of hydrogen-bond donors (Lipinski definition) is 1. The fourth-order valence-corrected chi connectivity index (χ4v) is 0.823. The number of halogens is 2. The molecule has 1 N–H and O–H groups in total. The second-order valence-corrected chi connectivity index (χ2v) is 2.17. The highest BCUT2D eigenvalue weighted by atomic mass is 19.3. The van der Waals surface area contributed by atoms with Gasteiger partial charge in [0.15, 0.2) is 0 Å². The Labute approximate surface area is 58.5 Å². The van der Waals surface area contributed by atoms with E-state index in [1.54, 1.807) is 6.08 Å². The molecule has 1 unspecified atom stereocenters. The molecule has 10 heavy (non-hydrogen) atoms. The molecule has 0 saturated carbocycles. The van der Waals surface area contributed by atoms with Crippen molar-refractivity contribution in [3.63, 3.8) is 0 Å². The fraction of sp³-hybridized carbons (Fsp3) is 0.667. The van der Waals surface area contributed by atoms with Crippen LogP contribution >= 0.6 is 0 Å². The van der Waals surface area contributed by atoms with Crippen LogP contribution in [0.4, 0.5) is 8.78 Å². The van der Waals surface area contributed by atoms with E-state index in [-0.39, 0.29) is 6.04 Å². The molecule has 58 valence electrons. The lowest BCUT2D eigenvalue weighted by Crippen LogP contribution is -2.38. The number of rotatable bonds is 2. The van der Waals surface area contributed by atoms with Crippen molar-refractivity contribution in [2.75, 3.05) is 0 Å². The molecule has 0 fully saturated rings. The van der Waals surface area contributed by atoms with E-state index < -0.39 is 6.55 Å². The summed E-state index contributed by atoms with van der Waals surface area (Å²) in [6, 6.07) is 0.0778. The molecule has 0 amide bonds. The summed E-state index contributed by atoms with van der Waals surface area (Å²) >= 11 is 0. The minimum absolute atomic E-state index is 0.0778. The van der Waals surface area contributed by atoms with Crippen molar-refractivity contribution in [1.29, 1.82) is 0 Å². The van der Waals surface area contributed by atoms with Gasteiger partial charge in [-0.05, 0) is 12.5 Å². The van der Waals surface area contributed by atoms with E-state index in [2.05, 4.69) is 5.43 Å². The molecule has 1 aliphatic rings. The third-order valence-electron chi connectivity index (χ3n) is 1.44. The molecule has 0 aromatic rings. The topological polar surface area (TPSA) is 15.3 Å². The first-order chi connectivity index (χ1) is 4.74. The fourth-order valence-electron chi connectivity index (χ4n) is 0.823. The van der Waals surface area contributed by atoms with Gasteiger partial charge in [0, 0.05) is 12.2 Å². The predicted molar refractivity (Wildman–Crippen MR) is 34.2 cm³/mol. The van der Waals surface area contributed by atoms with E-state index in [0.717, 1.165) is 11.4 Å². The molecule has 0 saturated heterocycles. The number of hydrogen-bond acceptors (Lipinski definition) is 2. The zero-order valence-electron chi connectivity index (χ0n) is 5.72. The third-order valence-corrected chi connectivity index (χ3v) is 1.44. The molecule has 0 aliphatic carbocycles. The summed E-state index contributed by atoms with van der Waals surface area (Å²) in [5.74, 6) is 0. The van der Waals surface area contributed by atoms with Crippen molar-refractivity contribution in [3.05, 3.63) is 12.3 Å². The second kappa shape index (κ2) is 2.96. The van der Waals surface area contributed by atoms with Crippen molar-refractivity contribution in [1.82, 2.24) is 10.4 Å². The molecule has 0 aromatic heterocycles. The number of nitrogens with one attached hydrogen (secondary N) is 1. The minimum atomic E-state index is -2.44. The van der Waals surface area contributed by atoms with Gasteiger partial charge in [-0.15, -0.1) is 0 Å². The molecule has 0 bridgehead atoms. The molecule has 2 nitrogen and oxygen atoms in total. The van der Waals surface area contributed by atoms with Gasteiger partial charge in [-0.3, -0.25) is 5.01 Å². The number of nitrogens with zero attached hydrogens (tertiary/aromatic N) is 1. The molecule has 0 spiro atoms. The summed E-state index contributed by atoms with van der Waals surface area (Å²) in [5.41, 5.74) is 2.61. The van der Waals surface area contributed by atoms with Gasteiger partial charge in [0.05, 0.1) is 0 Å². The summed E-state index contributed by atoms with van der Waals surface area (Å²) in [4.78, 5) is 0. The van der Waals surface area contributed by atoms with Crippen LogP contribution in [0.3, 0.4) is 0 Å². The Kier molecular flexibility index (Phi) is 2.21. The molecule has 0 aromatic carbocycles. The van der Waals surface area contributed by atoms with E-state index in [1.807, 2.05) is 6.92 Å². The largest absolute Gasteiger partial charge is 0.327 e. The number of alkyl halides is 2. The SMILES string of the molecule is CCC1C=CN(C(F)F)N1. The molecule has 1 rings (SSSR count). The van der Waals surface area contributed by atoms with Gasteiger partial charge in [0.2, 0.25) is 0 Å². The van der Waals surface area contributed by atoms with Crippen molar-refractivity contribution in [3.8, 4) is 0 Å². The molecular weight excluding hydrogens is 138 g/mol. The summed E-state index contributed by atoms with van der Waals surface area (Å²) in [6.07, 6.45) is 3.94. The Morgan fingerprint density at radius 1 is 1.70 bits per heavy atom. The van der Waals surface area contributed by atoms with Gasteiger partial charge in [0.1, 0.15) is 0 Å². The van der Waals surface area contributed by atoms with Crippen LogP contribution in [0.1, 0.15) is 13.3 Å². The molecule has 0 radical (unpaired) electrons. The van der Waals surface area contributed by atoms with Crippen molar-refractivity contribution in [2.45, 2.75) is 25.9 Å². The van der Waals surface area contributed by atoms with Crippen molar-refractivity contribution < 1.29 is 8.78 Å². The van der Waals surface area contributed by atoms with Crippen LogP contribution in [0, 0.1) is 0 Å². The smallest absolute Gasteiger partial charge is 0.256 e. The average Bonchev–Trinajstić information content (AvgIpc) is 2.34. The van der Waals surface area contributed by atoms with Gasteiger partial charge >= 0.3 is 6.55 Å².